The number of nitrogens with one attached hydrogen (secondary N) is 1. The van der Waals surface area contributed by atoms with Crippen LogP contribution < -0.4 is 5.32 Å². The van der Waals surface area contributed by atoms with Gasteiger partial charge in [-0.1, -0.05) is 81.6 Å². The first kappa shape index (κ1) is 22.0. The summed E-state index contributed by atoms with van der Waals surface area (Å²) in [5.74, 6) is 0.580. The first-order valence-electron chi connectivity index (χ1n) is 10.4. The van der Waals surface area contributed by atoms with Crippen LogP contribution in [-0.4, -0.2) is 22.3 Å². The average Bonchev–Trinajstić information content (AvgIpc) is 2.68. The van der Waals surface area contributed by atoms with Crippen molar-refractivity contribution in [1.82, 2.24) is 5.32 Å². The zero-order chi connectivity index (χ0) is 19.9. The molecular formula is C23H35NO2S. The number of benzene rings is 1. The number of hydrogen-bond donors (Lipinski definition) is 1. The Balaban J connectivity index is 2.24. The second-order valence-corrected chi connectivity index (χ2v) is 9.61. The molecule has 2 atom stereocenters. The Hall–Kier alpha value is -1.29. The van der Waals surface area contributed by atoms with Crippen molar-refractivity contribution in [3.63, 3.8) is 0 Å². The number of rotatable bonds is 9. The molecule has 0 spiro atoms. The highest BCUT2D eigenvalue weighted by molar-refractivity contribution is 8.14. The van der Waals surface area contributed by atoms with Gasteiger partial charge in [0.1, 0.15) is 0 Å². The monoisotopic (exact) mass is 389 g/mol. The highest BCUT2D eigenvalue weighted by Crippen LogP contribution is 2.44. The minimum Gasteiger partial charge on any atom is -0.352 e. The zero-order valence-corrected chi connectivity index (χ0v) is 18.1. The normalized spacial score (nSPS) is 23.2. The lowest BCUT2D eigenvalue weighted by Gasteiger charge is -2.45. The topological polar surface area (TPSA) is 46.2 Å². The van der Waals surface area contributed by atoms with Crippen molar-refractivity contribution in [3.8, 4) is 0 Å². The van der Waals surface area contributed by atoms with Crippen LogP contribution in [0.4, 0.5) is 0 Å². The van der Waals surface area contributed by atoms with Crippen molar-refractivity contribution in [3.05, 3.63) is 35.9 Å². The molecule has 1 fully saturated rings. The number of amides is 1. The van der Waals surface area contributed by atoms with Gasteiger partial charge in [0.2, 0.25) is 6.41 Å². The van der Waals surface area contributed by atoms with Crippen LogP contribution in [-0.2, 0) is 15.0 Å². The lowest BCUT2D eigenvalue weighted by atomic mass is 9.74. The lowest BCUT2D eigenvalue weighted by molar-refractivity contribution is -0.115. The molecule has 2 rings (SSSR count). The van der Waals surface area contributed by atoms with Gasteiger partial charge in [-0.25, -0.2) is 0 Å². The van der Waals surface area contributed by atoms with E-state index in [2.05, 4.69) is 19.2 Å². The van der Waals surface area contributed by atoms with E-state index in [1.165, 1.54) is 11.8 Å². The van der Waals surface area contributed by atoms with Gasteiger partial charge in [0.15, 0.2) is 5.12 Å². The lowest BCUT2D eigenvalue weighted by Crippen LogP contribution is -2.56. The molecule has 3 nitrogen and oxygen atoms in total. The summed E-state index contributed by atoms with van der Waals surface area (Å²) in [6.07, 6.45) is 8.25. The van der Waals surface area contributed by atoms with Crippen molar-refractivity contribution in [2.45, 2.75) is 88.8 Å². The maximum Gasteiger partial charge on any atom is 0.207 e. The van der Waals surface area contributed by atoms with E-state index in [1.807, 2.05) is 44.2 Å². The summed E-state index contributed by atoms with van der Waals surface area (Å²) in [6.45, 7) is 8.46. The van der Waals surface area contributed by atoms with Crippen molar-refractivity contribution < 1.29 is 9.59 Å². The molecule has 0 bridgehead atoms. The molecule has 4 heteroatoms. The van der Waals surface area contributed by atoms with Crippen molar-refractivity contribution in [2.75, 3.05) is 0 Å². The molecule has 0 radical (unpaired) electrons. The fraction of sp³-hybridized carbons (Fsp3) is 0.652. The quantitative estimate of drug-likeness (QED) is 0.569. The van der Waals surface area contributed by atoms with Crippen LogP contribution in [0.2, 0.25) is 0 Å². The third-order valence-corrected chi connectivity index (χ3v) is 8.06. The molecule has 0 aromatic heterocycles. The van der Waals surface area contributed by atoms with Crippen LogP contribution in [0.3, 0.4) is 0 Å². The fourth-order valence-corrected chi connectivity index (χ4v) is 5.76. The Kier molecular flexibility index (Phi) is 7.96. The average molecular weight is 390 g/mol. The number of carbonyl (C=O) groups is 2. The highest BCUT2D eigenvalue weighted by atomic mass is 32.2. The Labute approximate surface area is 169 Å². The first-order valence-corrected chi connectivity index (χ1v) is 11.3. The number of hydrogen-bond acceptors (Lipinski definition) is 3. The number of thioether (sulfide) groups is 1. The third kappa shape index (κ3) is 5.16. The van der Waals surface area contributed by atoms with E-state index in [0.717, 1.165) is 56.9 Å². The Morgan fingerprint density at radius 2 is 1.93 bits per heavy atom. The van der Waals surface area contributed by atoms with Crippen molar-refractivity contribution >= 4 is 23.3 Å². The van der Waals surface area contributed by atoms with Gasteiger partial charge in [-0.2, -0.15) is 0 Å². The van der Waals surface area contributed by atoms with Crippen LogP contribution >= 0.6 is 11.8 Å². The van der Waals surface area contributed by atoms with Crippen LogP contribution in [0.5, 0.6) is 0 Å². The summed E-state index contributed by atoms with van der Waals surface area (Å²) in [5.41, 5.74) is 0.252. The molecule has 1 aliphatic rings. The highest BCUT2D eigenvalue weighted by Gasteiger charge is 2.44. The summed E-state index contributed by atoms with van der Waals surface area (Å²) < 4.78 is 0. The molecule has 1 N–H and O–H groups in total. The summed E-state index contributed by atoms with van der Waals surface area (Å²) in [5, 5.41) is 3.53. The molecular weight excluding hydrogens is 354 g/mol. The smallest absolute Gasteiger partial charge is 0.207 e. The van der Waals surface area contributed by atoms with Gasteiger partial charge in [0, 0.05) is 5.25 Å². The largest absolute Gasteiger partial charge is 0.352 e. The van der Waals surface area contributed by atoms with Gasteiger partial charge < -0.3 is 5.32 Å². The van der Waals surface area contributed by atoms with E-state index in [9.17, 15) is 9.59 Å². The fourth-order valence-electron chi connectivity index (χ4n) is 4.30. The molecule has 0 aliphatic heterocycles. The van der Waals surface area contributed by atoms with E-state index >= 15 is 0 Å². The Morgan fingerprint density at radius 3 is 2.52 bits per heavy atom. The molecule has 1 amide bonds. The molecule has 150 valence electrons. The first-order chi connectivity index (χ1) is 12.9. The van der Waals surface area contributed by atoms with Crippen LogP contribution in [0.15, 0.2) is 30.3 Å². The van der Waals surface area contributed by atoms with Crippen molar-refractivity contribution in [2.24, 2.45) is 5.92 Å². The maximum atomic E-state index is 13.3. The minimum atomic E-state index is -0.537. The standard InChI is InChI=1S/C23H35NO2S/c1-5-18(6-2)16-23(24-17-25)15-11-10-14-20(23)27-21(26)22(3,4)19-12-8-7-9-13-19/h7-9,12-13,17-18,20H,5-6,10-11,14-16H2,1-4H3,(H,24,25). The van der Waals surface area contributed by atoms with E-state index in [0.29, 0.717) is 5.92 Å². The van der Waals surface area contributed by atoms with Crippen molar-refractivity contribution in [1.29, 1.82) is 0 Å². The predicted molar refractivity (Wildman–Crippen MR) is 115 cm³/mol. The minimum absolute atomic E-state index is 0.146. The van der Waals surface area contributed by atoms with Gasteiger partial charge in [-0.3, -0.25) is 9.59 Å². The van der Waals surface area contributed by atoms with Gasteiger partial charge >= 0.3 is 0 Å². The van der Waals surface area contributed by atoms with Gasteiger partial charge in [0.25, 0.3) is 0 Å². The summed E-state index contributed by atoms with van der Waals surface area (Å²) in [7, 11) is 0. The SMILES string of the molecule is CCC(CC)CC1(NC=O)CCCCC1SC(=O)C(C)(C)c1ccccc1. The van der Waals surface area contributed by atoms with E-state index in [1.54, 1.807) is 0 Å². The third-order valence-electron chi connectivity index (χ3n) is 6.36. The Bertz CT molecular complexity index is 612. The summed E-state index contributed by atoms with van der Waals surface area (Å²) in [4.78, 5) is 24.8. The maximum absolute atomic E-state index is 13.3. The van der Waals surface area contributed by atoms with Crippen LogP contribution in [0.1, 0.15) is 78.2 Å². The van der Waals surface area contributed by atoms with Crippen LogP contribution in [0, 0.1) is 5.92 Å². The van der Waals surface area contributed by atoms with Gasteiger partial charge in [-0.15, -0.1) is 0 Å². The molecule has 2 unspecified atom stereocenters. The molecule has 1 saturated carbocycles. The summed E-state index contributed by atoms with van der Waals surface area (Å²) in [6, 6.07) is 10.0. The van der Waals surface area contributed by atoms with E-state index in [-0.39, 0.29) is 15.9 Å². The molecule has 27 heavy (non-hydrogen) atoms. The van der Waals surface area contributed by atoms with E-state index < -0.39 is 5.41 Å². The zero-order valence-electron chi connectivity index (χ0n) is 17.3. The molecule has 1 aromatic rings. The molecule has 0 saturated heterocycles. The summed E-state index contributed by atoms with van der Waals surface area (Å²) >= 11 is 1.47. The molecule has 1 aliphatic carbocycles. The van der Waals surface area contributed by atoms with Crippen LogP contribution in [0.25, 0.3) is 0 Å². The van der Waals surface area contributed by atoms with Gasteiger partial charge in [-0.05, 0) is 44.6 Å². The van der Waals surface area contributed by atoms with Gasteiger partial charge in [0.05, 0.1) is 11.0 Å². The molecule has 1 aromatic carbocycles. The number of carbonyl (C=O) groups excluding carboxylic acids is 2. The Morgan fingerprint density at radius 1 is 1.26 bits per heavy atom. The van der Waals surface area contributed by atoms with E-state index in [4.69, 9.17) is 0 Å². The molecule has 0 heterocycles. The second-order valence-electron chi connectivity index (χ2n) is 8.44. The predicted octanol–water partition coefficient (Wildman–Crippen LogP) is 5.48. The second kappa shape index (κ2) is 9.77.